The fraction of sp³-hybridized carbons (Fsp3) is 0. The van der Waals surface area contributed by atoms with Gasteiger partial charge in [0, 0.05) is 84.0 Å². The molecule has 0 amide bonds. The third-order valence-corrected chi connectivity index (χ3v) is 6.94. The van der Waals surface area contributed by atoms with E-state index in [1.165, 1.54) is 0 Å². The average Bonchev–Trinajstić information content (AvgIpc) is 3.42. The molecule has 11 heteroatoms. The van der Waals surface area contributed by atoms with Crippen LogP contribution in [0.15, 0.2) is 116 Å². The van der Waals surface area contributed by atoms with Crippen LogP contribution in [0.25, 0.3) is 50.3 Å². The van der Waals surface area contributed by atoms with Gasteiger partial charge in [-0.05, 0) is 6.07 Å². The molecule has 0 spiro atoms. The zero-order chi connectivity index (χ0) is 30.0. The molecule has 9 nitrogen and oxygen atoms in total. The number of hydrogen-bond donors (Lipinski definition) is 0. The number of benzene rings is 4. The Morgan fingerprint density at radius 1 is 0.489 bits per heavy atom. The van der Waals surface area contributed by atoms with Crippen molar-refractivity contribution in [3.8, 4) is 51.5 Å². The second kappa shape index (κ2) is 14.1. The van der Waals surface area contributed by atoms with E-state index in [1.807, 2.05) is 65.2 Å². The summed E-state index contributed by atoms with van der Waals surface area (Å²) in [6, 6.07) is 34.1. The molecule has 230 valence electrons. The first-order valence-electron chi connectivity index (χ1n) is 13.9. The van der Waals surface area contributed by atoms with Crippen LogP contribution in [0.3, 0.4) is 0 Å². The van der Waals surface area contributed by atoms with Gasteiger partial charge in [-0.15, -0.1) is 71.8 Å². The number of hydrogen-bond acceptors (Lipinski definition) is 8. The van der Waals surface area contributed by atoms with Crippen molar-refractivity contribution in [3.05, 3.63) is 141 Å². The Morgan fingerprint density at radius 3 is 1.45 bits per heavy atom. The van der Waals surface area contributed by atoms with Gasteiger partial charge in [-0.1, -0.05) is 23.2 Å². The first kappa shape index (κ1) is 31.8. The van der Waals surface area contributed by atoms with Gasteiger partial charge in [0.25, 0.3) is 0 Å². The van der Waals surface area contributed by atoms with E-state index in [4.69, 9.17) is 9.47 Å². The monoisotopic (exact) mass is 882 g/mol. The Balaban J connectivity index is 0.00000193. The zero-order valence-corrected chi connectivity index (χ0v) is 27.9. The Bertz CT molecular complexity index is 2150. The van der Waals surface area contributed by atoms with Crippen LogP contribution in [0.1, 0.15) is 0 Å². The maximum Gasteiger partial charge on any atom is 2.00 e. The molecule has 0 saturated carbocycles. The molecular formula is C36H19N7O2PdPt. The number of ether oxygens (including phenoxy) is 2. The molecule has 0 unspecified atom stereocenters. The predicted molar refractivity (Wildman–Crippen MR) is 167 cm³/mol. The Hall–Kier alpha value is -5.13. The number of rotatable bonds is 7. The van der Waals surface area contributed by atoms with Crippen molar-refractivity contribution in [2.45, 2.75) is 0 Å². The van der Waals surface area contributed by atoms with E-state index in [9.17, 15) is 0 Å². The maximum atomic E-state index is 6.22. The summed E-state index contributed by atoms with van der Waals surface area (Å²) in [5, 5.41) is 1.86. The molecule has 8 rings (SSSR count). The quantitative estimate of drug-likeness (QED) is 0.122. The zero-order valence-electron chi connectivity index (χ0n) is 24.0. The third kappa shape index (κ3) is 6.58. The summed E-state index contributed by atoms with van der Waals surface area (Å²) in [4.78, 5) is 26.1. The summed E-state index contributed by atoms with van der Waals surface area (Å²) in [5.74, 6) is 2.51. The first-order chi connectivity index (χ1) is 22.3. The molecular weight excluding hydrogens is 864 g/mol. The van der Waals surface area contributed by atoms with Crippen LogP contribution in [-0.2, 0) is 41.5 Å². The van der Waals surface area contributed by atoms with Crippen molar-refractivity contribution in [1.29, 1.82) is 0 Å². The predicted octanol–water partition coefficient (Wildman–Crippen LogP) is 7.27. The third-order valence-electron chi connectivity index (χ3n) is 6.94. The van der Waals surface area contributed by atoms with Crippen molar-refractivity contribution >= 4 is 21.8 Å². The van der Waals surface area contributed by atoms with Crippen molar-refractivity contribution in [3.63, 3.8) is 0 Å². The van der Waals surface area contributed by atoms with Crippen LogP contribution in [0, 0.1) is 24.3 Å². The topological polar surface area (TPSA) is 101 Å². The Morgan fingerprint density at radius 2 is 0.979 bits per heavy atom. The van der Waals surface area contributed by atoms with Gasteiger partial charge in [-0.25, -0.2) is 9.97 Å². The van der Waals surface area contributed by atoms with Gasteiger partial charge in [-0.2, -0.15) is 22.9 Å². The van der Waals surface area contributed by atoms with E-state index < -0.39 is 0 Å². The molecule has 0 saturated heterocycles. The van der Waals surface area contributed by atoms with Gasteiger partial charge >= 0.3 is 41.5 Å². The first-order valence-corrected chi connectivity index (χ1v) is 13.9. The van der Waals surface area contributed by atoms with Gasteiger partial charge in [0.2, 0.25) is 5.95 Å². The molecule has 0 atom stereocenters. The molecule has 0 aliphatic carbocycles. The average molecular weight is 883 g/mol. The second-order valence-electron chi connectivity index (χ2n) is 9.80. The fourth-order valence-corrected chi connectivity index (χ4v) is 4.98. The standard InChI is InChI=1S/C36H19N7O2.Pd.Pt/c1-4-24(32-22-37-14-16-39-32)18-26(6-1)44-28-8-10-30-31-11-9-29(21-35(31)43(34(30)20-28)36-41-12-3-13-42-36)45-27-7-2-5-25(19-27)33-23-38-15-17-40-33;;/h1-17,22-23H;;/q-4;2*+2. The summed E-state index contributed by atoms with van der Waals surface area (Å²) >= 11 is 0. The normalized spacial score (nSPS) is 10.6. The molecule has 0 aliphatic rings. The molecule has 0 fully saturated rings. The van der Waals surface area contributed by atoms with Crippen molar-refractivity contribution in [2.75, 3.05) is 0 Å². The molecule has 0 radical (unpaired) electrons. The van der Waals surface area contributed by atoms with Crippen molar-refractivity contribution in [1.82, 2.24) is 34.5 Å². The number of fused-ring (bicyclic) bond motifs is 3. The van der Waals surface area contributed by atoms with Crippen LogP contribution >= 0.6 is 0 Å². The van der Waals surface area contributed by atoms with Crippen LogP contribution in [0.5, 0.6) is 23.0 Å². The van der Waals surface area contributed by atoms with Gasteiger partial charge in [0.1, 0.15) is 0 Å². The SMILES string of the molecule is [Pd+2].[Pt+2].[c-]1c(Oc2[c-]c3c(cc2)c2ccc(Oc4[c-]c(-c5cnccn5)ccc4)[c-]c2n3-c2ncccn2)cccc1-c1cnccn1. The fourth-order valence-electron chi connectivity index (χ4n) is 4.98. The van der Waals surface area contributed by atoms with Gasteiger partial charge in [0.05, 0.1) is 0 Å². The largest absolute Gasteiger partial charge is 2.00 e. The van der Waals surface area contributed by atoms with E-state index in [-0.39, 0.29) is 41.5 Å². The van der Waals surface area contributed by atoms with E-state index in [0.29, 0.717) is 40.3 Å². The van der Waals surface area contributed by atoms with E-state index in [0.717, 1.165) is 32.9 Å². The van der Waals surface area contributed by atoms with E-state index in [1.54, 1.807) is 55.6 Å². The van der Waals surface area contributed by atoms with Crippen LogP contribution in [0.2, 0.25) is 0 Å². The molecule has 4 aromatic heterocycles. The molecule has 4 heterocycles. The van der Waals surface area contributed by atoms with Crippen LogP contribution in [0.4, 0.5) is 0 Å². The van der Waals surface area contributed by atoms with Crippen LogP contribution < -0.4 is 9.47 Å². The minimum absolute atomic E-state index is 0. The molecule has 0 bridgehead atoms. The summed E-state index contributed by atoms with van der Waals surface area (Å²) in [6.07, 6.45) is 13.3. The van der Waals surface area contributed by atoms with Gasteiger partial charge in [0.15, 0.2) is 0 Å². The Kier molecular flexibility index (Phi) is 9.55. The summed E-state index contributed by atoms with van der Waals surface area (Å²) in [7, 11) is 0. The number of aromatic nitrogens is 7. The number of nitrogens with zero attached hydrogens (tertiary/aromatic N) is 7. The van der Waals surface area contributed by atoms with Gasteiger partial charge < -0.3 is 24.0 Å². The van der Waals surface area contributed by atoms with Crippen molar-refractivity contribution < 1.29 is 51.0 Å². The molecule has 0 aliphatic heterocycles. The van der Waals surface area contributed by atoms with E-state index in [2.05, 4.69) is 54.2 Å². The summed E-state index contributed by atoms with van der Waals surface area (Å²) in [6.45, 7) is 0. The van der Waals surface area contributed by atoms with Crippen LogP contribution in [-0.4, -0.2) is 34.5 Å². The molecule has 8 aromatic rings. The smallest absolute Gasteiger partial charge is 0.503 e. The summed E-state index contributed by atoms with van der Waals surface area (Å²) < 4.78 is 14.3. The van der Waals surface area contributed by atoms with Crippen molar-refractivity contribution in [2.24, 2.45) is 0 Å². The minimum Gasteiger partial charge on any atom is -0.503 e. The van der Waals surface area contributed by atoms with Gasteiger partial charge in [-0.3, -0.25) is 9.97 Å². The maximum absolute atomic E-state index is 6.22. The molecule has 47 heavy (non-hydrogen) atoms. The van der Waals surface area contributed by atoms with E-state index >= 15 is 0 Å². The Labute approximate surface area is 297 Å². The molecule has 4 aromatic carbocycles. The molecule has 0 N–H and O–H groups in total. The summed E-state index contributed by atoms with van der Waals surface area (Å²) in [5.41, 5.74) is 4.41. The minimum atomic E-state index is 0. The second-order valence-corrected chi connectivity index (χ2v) is 9.80.